The largest absolute Gasteiger partial charge is 0.756 e. The predicted octanol–water partition coefficient (Wildman–Crippen LogP) is 11.7. The van der Waals surface area contributed by atoms with Gasteiger partial charge in [0, 0.05) is 12.8 Å². The maximum Gasteiger partial charge on any atom is 0.306 e. The molecule has 9 nitrogen and oxygen atoms in total. The van der Waals surface area contributed by atoms with Crippen LogP contribution < -0.4 is 4.89 Å². The summed E-state index contributed by atoms with van der Waals surface area (Å²) in [6.07, 6.45) is 42.9. The highest BCUT2D eigenvalue weighted by Crippen LogP contribution is 2.38. The normalized spacial score (nSPS) is 14.1. The number of esters is 2. The molecule has 0 aliphatic rings. The Hall–Kier alpha value is -2.03. The van der Waals surface area contributed by atoms with Crippen molar-refractivity contribution in [2.24, 2.45) is 0 Å². The molecule has 0 aliphatic carbocycles. The molecule has 2 atom stereocenters. The molecule has 0 bridgehead atoms. The minimum absolute atomic E-state index is 0.0394. The number of ether oxygens (including phenoxy) is 2. The van der Waals surface area contributed by atoms with Gasteiger partial charge in [-0.25, -0.2) is 0 Å². The van der Waals surface area contributed by atoms with Gasteiger partial charge in [-0.1, -0.05) is 178 Å². The summed E-state index contributed by atoms with van der Waals surface area (Å²) in [6, 6.07) is 0. The average molecular weight is 796 g/mol. The van der Waals surface area contributed by atoms with E-state index in [2.05, 4.69) is 26.0 Å². The van der Waals surface area contributed by atoms with Crippen molar-refractivity contribution < 1.29 is 42.1 Å². The van der Waals surface area contributed by atoms with Gasteiger partial charge in [0.05, 0.1) is 27.7 Å². The summed E-state index contributed by atoms with van der Waals surface area (Å²) in [4.78, 5) is 37.5. The van der Waals surface area contributed by atoms with Gasteiger partial charge in [-0.05, 0) is 32.1 Å². The molecule has 0 saturated carbocycles. The van der Waals surface area contributed by atoms with Crippen LogP contribution in [0.4, 0.5) is 0 Å². The Morgan fingerprint density at radius 1 is 0.582 bits per heavy atom. The van der Waals surface area contributed by atoms with Gasteiger partial charge in [0.25, 0.3) is 7.82 Å². The first-order valence-corrected chi connectivity index (χ1v) is 23.4. The van der Waals surface area contributed by atoms with Gasteiger partial charge >= 0.3 is 11.9 Å². The summed E-state index contributed by atoms with van der Waals surface area (Å²) in [5.74, 6) is -0.878. The monoisotopic (exact) mass is 796 g/mol. The number of likely N-dealkylation sites (N-methyl/N-ethyl adjacent to an activating group) is 1. The van der Waals surface area contributed by atoms with E-state index in [1.807, 2.05) is 57.6 Å². The molecule has 0 saturated heterocycles. The van der Waals surface area contributed by atoms with E-state index in [1.54, 1.807) is 0 Å². The first-order chi connectivity index (χ1) is 26.5. The second kappa shape index (κ2) is 37.5. The Morgan fingerprint density at radius 2 is 1.04 bits per heavy atom. The molecule has 0 aromatic rings. The third kappa shape index (κ3) is 41.4. The van der Waals surface area contributed by atoms with Crippen LogP contribution in [0.25, 0.3) is 0 Å². The average Bonchev–Trinajstić information content (AvgIpc) is 3.13. The fraction of sp³-hybridized carbons (Fsp3) is 0.778. The summed E-state index contributed by atoms with van der Waals surface area (Å²) in [5.41, 5.74) is 0. The zero-order valence-electron chi connectivity index (χ0n) is 35.9. The van der Waals surface area contributed by atoms with Gasteiger partial charge in [-0.15, -0.1) is 0 Å². The lowest BCUT2D eigenvalue weighted by Crippen LogP contribution is -2.37. The number of phosphoric acid groups is 1. The SMILES string of the molecule is CC/C=C/C=C/C=C/C=C/CCCCCC(=O)OC(COC(=O)CCCCCCCCCCCCCCCCCCCC)COP(=O)([O-])OCC[N+](C)(C)C. The van der Waals surface area contributed by atoms with E-state index < -0.39 is 32.5 Å². The molecular weight excluding hydrogens is 713 g/mol. The van der Waals surface area contributed by atoms with Crippen molar-refractivity contribution in [2.75, 3.05) is 47.5 Å². The number of unbranched alkanes of at least 4 members (excludes halogenated alkanes) is 20. The molecule has 0 aliphatic heterocycles. The van der Waals surface area contributed by atoms with Crippen molar-refractivity contribution in [3.63, 3.8) is 0 Å². The third-order valence-electron chi connectivity index (χ3n) is 9.21. The number of carbonyl (C=O) groups excluding carboxylic acids is 2. The summed E-state index contributed by atoms with van der Waals surface area (Å²) < 4.78 is 33.8. The van der Waals surface area contributed by atoms with Crippen molar-refractivity contribution in [3.8, 4) is 0 Å². The molecule has 55 heavy (non-hydrogen) atoms. The van der Waals surface area contributed by atoms with Crippen molar-refractivity contribution in [2.45, 2.75) is 180 Å². The molecule has 0 amide bonds. The van der Waals surface area contributed by atoms with Crippen LogP contribution in [0.15, 0.2) is 48.6 Å². The fourth-order valence-corrected chi connectivity index (χ4v) is 6.51. The van der Waals surface area contributed by atoms with Crippen molar-refractivity contribution in [1.29, 1.82) is 0 Å². The molecule has 0 aromatic carbocycles. The topological polar surface area (TPSA) is 111 Å². The predicted molar refractivity (Wildman–Crippen MR) is 227 cm³/mol. The molecule has 0 rings (SSSR count). The number of phosphoric ester groups is 1. The summed E-state index contributed by atoms with van der Waals surface area (Å²) >= 11 is 0. The second-order valence-electron chi connectivity index (χ2n) is 15.8. The van der Waals surface area contributed by atoms with E-state index in [9.17, 15) is 19.0 Å². The molecule has 0 spiro atoms. The summed E-state index contributed by atoms with van der Waals surface area (Å²) in [7, 11) is 1.14. The van der Waals surface area contributed by atoms with Crippen molar-refractivity contribution in [1.82, 2.24) is 0 Å². The van der Waals surface area contributed by atoms with Crippen LogP contribution in [0.2, 0.25) is 0 Å². The number of hydrogen-bond donors (Lipinski definition) is 0. The van der Waals surface area contributed by atoms with E-state index in [0.717, 1.165) is 44.9 Å². The molecule has 0 radical (unpaired) electrons. The quantitative estimate of drug-likeness (QED) is 0.0199. The van der Waals surface area contributed by atoms with E-state index in [1.165, 1.54) is 96.3 Å². The third-order valence-corrected chi connectivity index (χ3v) is 10.2. The molecule has 0 heterocycles. The van der Waals surface area contributed by atoms with E-state index >= 15 is 0 Å². The van der Waals surface area contributed by atoms with Crippen LogP contribution in [0.5, 0.6) is 0 Å². The highest BCUT2D eigenvalue weighted by Gasteiger charge is 2.21. The van der Waals surface area contributed by atoms with E-state index in [-0.39, 0.29) is 26.1 Å². The Labute approximate surface area is 337 Å². The summed E-state index contributed by atoms with van der Waals surface area (Å²) in [5, 5.41) is 0. The first kappa shape index (κ1) is 53.0. The lowest BCUT2D eigenvalue weighted by Gasteiger charge is -2.28. The molecular formula is C45H82NO8P. The maximum atomic E-state index is 12.6. The van der Waals surface area contributed by atoms with Gasteiger partial charge < -0.3 is 27.9 Å². The van der Waals surface area contributed by atoms with Crippen molar-refractivity contribution >= 4 is 19.8 Å². The zero-order chi connectivity index (χ0) is 40.7. The lowest BCUT2D eigenvalue weighted by atomic mass is 10.0. The fourth-order valence-electron chi connectivity index (χ4n) is 5.78. The molecule has 0 N–H and O–H groups in total. The van der Waals surface area contributed by atoms with Gasteiger partial charge in [0.15, 0.2) is 6.10 Å². The van der Waals surface area contributed by atoms with E-state index in [0.29, 0.717) is 17.4 Å². The highest BCUT2D eigenvalue weighted by atomic mass is 31.2. The van der Waals surface area contributed by atoms with Crippen LogP contribution in [-0.4, -0.2) is 70.0 Å². The van der Waals surface area contributed by atoms with Gasteiger partial charge in [-0.2, -0.15) is 0 Å². The molecule has 2 unspecified atom stereocenters. The van der Waals surface area contributed by atoms with E-state index in [4.69, 9.17) is 18.5 Å². The molecule has 10 heteroatoms. The molecule has 320 valence electrons. The van der Waals surface area contributed by atoms with Gasteiger partial charge in [-0.3, -0.25) is 14.2 Å². The Balaban J connectivity index is 4.36. The first-order valence-electron chi connectivity index (χ1n) is 21.9. The Bertz CT molecular complexity index is 1080. The number of quaternary nitrogens is 1. The van der Waals surface area contributed by atoms with Gasteiger partial charge in [0.1, 0.15) is 19.8 Å². The Kier molecular flexibility index (Phi) is 36.2. The number of allylic oxidation sites excluding steroid dienone is 8. The van der Waals surface area contributed by atoms with Crippen LogP contribution in [0, 0.1) is 0 Å². The van der Waals surface area contributed by atoms with Crippen LogP contribution in [-0.2, 0) is 32.7 Å². The van der Waals surface area contributed by atoms with Gasteiger partial charge in [0.2, 0.25) is 0 Å². The molecule has 0 aromatic heterocycles. The smallest absolute Gasteiger partial charge is 0.306 e. The van der Waals surface area contributed by atoms with Crippen LogP contribution >= 0.6 is 7.82 Å². The number of hydrogen-bond acceptors (Lipinski definition) is 8. The second-order valence-corrected chi connectivity index (χ2v) is 17.2. The Morgan fingerprint density at radius 3 is 1.55 bits per heavy atom. The standard InChI is InChI=1S/C45H82NO8P/c1-6-8-10-12-14-16-18-20-21-22-23-24-26-27-29-31-33-35-37-44(47)51-41-43(42-53-55(49,50)52-40-39-46(3,4)5)54-45(48)38-36-34-32-30-28-25-19-17-15-13-11-9-7-2/h9,11,13,15,17,19,25,28,43H,6-8,10,12,14,16,18,20-24,26-27,29-42H2,1-5H3/b11-9+,15-13+,19-17+,28-25+. The van der Waals surface area contributed by atoms with Crippen LogP contribution in [0.1, 0.15) is 174 Å². The van der Waals surface area contributed by atoms with Crippen molar-refractivity contribution in [3.05, 3.63) is 48.6 Å². The molecule has 0 fully saturated rings. The minimum atomic E-state index is -4.63. The summed E-state index contributed by atoms with van der Waals surface area (Å²) in [6.45, 7) is 4.04. The lowest BCUT2D eigenvalue weighted by molar-refractivity contribution is -0.870. The minimum Gasteiger partial charge on any atom is -0.756 e. The van der Waals surface area contributed by atoms with Crippen LogP contribution in [0.3, 0.4) is 0 Å². The zero-order valence-corrected chi connectivity index (χ0v) is 36.8. The number of nitrogens with zero attached hydrogens (tertiary/aromatic N) is 1. The number of rotatable bonds is 39. The number of carbonyl (C=O) groups is 2. The maximum absolute atomic E-state index is 12.6. The highest BCUT2D eigenvalue weighted by molar-refractivity contribution is 7.45.